The molecule has 0 fully saturated rings. The number of benzene rings is 3. The zero-order valence-corrected chi connectivity index (χ0v) is 17.9. The van der Waals surface area contributed by atoms with Crippen molar-refractivity contribution < 1.29 is 18.7 Å². The van der Waals surface area contributed by atoms with Crippen LogP contribution in [0.5, 0.6) is 5.75 Å². The molecular weight excluding hydrogens is 415 g/mol. The van der Waals surface area contributed by atoms with Crippen molar-refractivity contribution in [1.82, 2.24) is 0 Å². The quantitative estimate of drug-likeness (QED) is 0.492. The number of aryl methyl sites for hydroxylation is 1. The zero-order chi connectivity index (χ0) is 22.1. The number of carbonyl (C=O) groups excluding carboxylic acids is 2. The van der Waals surface area contributed by atoms with Gasteiger partial charge in [-0.2, -0.15) is 0 Å². The Morgan fingerprint density at radius 1 is 0.871 bits per heavy atom. The van der Waals surface area contributed by atoms with Gasteiger partial charge in [0.1, 0.15) is 18.2 Å². The summed E-state index contributed by atoms with van der Waals surface area (Å²) >= 11 is 1.24. The van der Waals surface area contributed by atoms with E-state index in [1.54, 1.807) is 36.4 Å². The second-order valence-corrected chi connectivity index (χ2v) is 7.89. The molecule has 0 radical (unpaired) electrons. The number of amides is 2. The van der Waals surface area contributed by atoms with Crippen LogP contribution in [0.25, 0.3) is 0 Å². The first kappa shape index (κ1) is 22.4. The fourth-order valence-corrected chi connectivity index (χ4v) is 3.38. The van der Waals surface area contributed by atoms with Gasteiger partial charge < -0.3 is 15.4 Å². The van der Waals surface area contributed by atoms with Gasteiger partial charge in [0.25, 0.3) is 0 Å². The summed E-state index contributed by atoms with van der Waals surface area (Å²) in [6.45, 7) is 2.25. The van der Waals surface area contributed by atoms with Crippen LogP contribution in [0.2, 0.25) is 0 Å². The number of thioether (sulfide) groups is 1. The van der Waals surface area contributed by atoms with E-state index in [4.69, 9.17) is 4.74 Å². The largest absolute Gasteiger partial charge is 0.489 e. The van der Waals surface area contributed by atoms with E-state index >= 15 is 0 Å². The van der Waals surface area contributed by atoms with E-state index in [0.717, 1.165) is 16.8 Å². The molecule has 0 aliphatic heterocycles. The minimum absolute atomic E-state index is 0.153. The Morgan fingerprint density at radius 3 is 2.13 bits per heavy atom. The normalized spacial score (nSPS) is 10.4. The Morgan fingerprint density at radius 2 is 1.48 bits per heavy atom. The van der Waals surface area contributed by atoms with Crippen molar-refractivity contribution in [3.63, 3.8) is 0 Å². The molecule has 0 spiro atoms. The Kier molecular flexibility index (Phi) is 8.06. The van der Waals surface area contributed by atoms with Gasteiger partial charge in [0, 0.05) is 17.4 Å². The van der Waals surface area contributed by atoms with Crippen LogP contribution in [0.1, 0.15) is 11.1 Å². The highest BCUT2D eigenvalue weighted by atomic mass is 32.2. The van der Waals surface area contributed by atoms with Crippen molar-refractivity contribution in [2.45, 2.75) is 13.5 Å². The van der Waals surface area contributed by atoms with Crippen LogP contribution >= 0.6 is 11.8 Å². The Labute approximate surface area is 185 Å². The van der Waals surface area contributed by atoms with Gasteiger partial charge in [-0.25, -0.2) is 4.39 Å². The average Bonchev–Trinajstić information content (AvgIpc) is 2.73. The topological polar surface area (TPSA) is 67.4 Å². The summed E-state index contributed by atoms with van der Waals surface area (Å²) in [5, 5.41) is 5.61. The molecule has 0 aliphatic carbocycles. The summed E-state index contributed by atoms with van der Waals surface area (Å²) < 4.78 is 18.7. The summed E-state index contributed by atoms with van der Waals surface area (Å²) in [5.41, 5.74) is 3.25. The SMILES string of the molecule is Cc1cccc(NC(=O)CSCC(=O)Nc2cccc(OCc3ccc(F)cc3)c2)c1. The van der Waals surface area contributed by atoms with Crippen LogP contribution in [0, 0.1) is 12.7 Å². The van der Waals surface area contributed by atoms with E-state index in [1.165, 1.54) is 23.9 Å². The summed E-state index contributed by atoms with van der Waals surface area (Å²) in [6, 6.07) is 20.7. The van der Waals surface area contributed by atoms with Gasteiger partial charge in [0.05, 0.1) is 11.5 Å². The highest BCUT2D eigenvalue weighted by Gasteiger charge is 2.08. The maximum Gasteiger partial charge on any atom is 0.234 e. The van der Waals surface area contributed by atoms with Crippen molar-refractivity contribution in [2.24, 2.45) is 0 Å². The minimum Gasteiger partial charge on any atom is -0.489 e. The molecule has 0 heterocycles. The van der Waals surface area contributed by atoms with Crippen molar-refractivity contribution in [3.8, 4) is 5.75 Å². The number of anilines is 2. The van der Waals surface area contributed by atoms with Crippen LogP contribution < -0.4 is 15.4 Å². The first-order valence-electron chi connectivity index (χ1n) is 9.69. The molecule has 3 aromatic rings. The third-order valence-electron chi connectivity index (χ3n) is 4.20. The molecule has 7 heteroatoms. The molecule has 3 aromatic carbocycles. The Balaban J connectivity index is 1.41. The molecule has 0 bridgehead atoms. The molecule has 2 N–H and O–H groups in total. The van der Waals surface area contributed by atoms with E-state index < -0.39 is 0 Å². The summed E-state index contributed by atoms with van der Waals surface area (Å²) in [5.74, 6) is 0.277. The van der Waals surface area contributed by atoms with Gasteiger partial charge in [0.2, 0.25) is 11.8 Å². The Bertz CT molecular complexity index is 1040. The second-order valence-electron chi connectivity index (χ2n) is 6.90. The van der Waals surface area contributed by atoms with Gasteiger partial charge in [0.15, 0.2) is 0 Å². The molecule has 160 valence electrons. The van der Waals surface area contributed by atoms with Crippen molar-refractivity contribution in [1.29, 1.82) is 0 Å². The number of rotatable bonds is 9. The van der Waals surface area contributed by atoms with Crippen LogP contribution in [0.4, 0.5) is 15.8 Å². The van der Waals surface area contributed by atoms with Gasteiger partial charge in [-0.1, -0.05) is 30.3 Å². The number of nitrogens with one attached hydrogen (secondary N) is 2. The number of hydrogen-bond donors (Lipinski definition) is 2. The van der Waals surface area contributed by atoms with Gasteiger partial charge in [-0.15, -0.1) is 11.8 Å². The van der Waals surface area contributed by atoms with Crippen molar-refractivity contribution in [2.75, 3.05) is 22.1 Å². The third-order valence-corrected chi connectivity index (χ3v) is 5.14. The van der Waals surface area contributed by atoms with Crippen molar-refractivity contribution in [3.05, 3.63) is 89.7 Å². The molecule has 0 saturated heterocycles. The standard InChI is InChI=1S/C24H23FN2O3S/c1-17-4-2-5-20(12-17)26-23(28)15-31-16-24(29)27-21-6-3-7-22(13-21)30-14-18-8-10-19(25)11-9-18/h2-13H,14-16H2,1H3,(H,26,28)(H,27,29). The summed E-state index contributed by atoms with van der Waals surface area (Å²) in [7, 11) is 0. The number of hydrogen-bond acceptors (Lipinski definition) is 4. The maximum absolute atomic E-state index is 13.0. The predicted molar refractivity (Wildman–Crippen MR) is 123 cm³/mol. The fraction of sp³-hybridized carbons (Fsp3) is 0.167. The first-order valence-corrected chi connectivity index (χ1v) is 10.8. The summed E-state index contributed by atoms with van der Waals surface area (Å²) in [4.78, 5) is 24.2. The zero-order valence-electron chi connectivity index (χ0n) is 17.1. The maximum atomic E-state index is 13.0. The molecule has 0 saturated carbocycles. The molecule has 2 amide bonds. The number of halogens is 1. The number of carbonyl (C=O) groups is 2. The Hall–Kier alpha value is -3.32. The lowest BCUT2D eigenvalue weighted by atomic mass is 10.2. The minimum atomic E-state index is -0.293. The lowest BCUT2D eigenvalue weighted by Crippen LogP contribution is -2.18. The fourth-order valence-electron chi connectivity index (χ4n) is 2.76. The highest BCUT2D eigenvalue weighted by molar-refractivity contribution is 8.00. The predicted octanol–water partition coefficient (Wildman–Crippen LogP) is 5.02. The van der Waals surface area contributed by atoms with E-state index in [1.807, 2.05) is 31.2 Å². The lowest BCUT2D eigenvalue weighted by molar-refractivity contribution is -0.114. The molecule has 0 aliphatic rings. The lowest BCUT2D eigenvalue weighted by Gasteiger charge is -2.10. The van der Waals surface area contributed by atoms with Crippen LogP contribution in [0.3, 0.4) is 0 Å². The van der Waals surface area contributed by atoms with Crippen LogP contribution in [-0.4, -0.2) is 23.3 Å². The third kappa shape index (κ3) is 7.79. The second kappa shape index (κ2) is 11.2. The van der Waals surface area contributed by atoms with Crippen LogP contribution in [-0.2, 0) is 16.2 Å². The van der Waals surface area contributed by atoms with Gasteiger partial charge in [-0.3, -0.25) is 9.59 Å². The molecule has 31 heavy (non-hydrogen) atoms. The molecule has 0 atom stereocenters. The van der Waals surface area contributed by atoms with E-state index in [-0.39, 0.29) is 29.1 Å². The highest BCUT2D eigenvalue weighted by Crippen LogP contribution is 2.19. The smallest absolute Gasteiger partial charge is 0.234 e. The van der Waals surface area contributed by atoms with E-state index in [2.05, 4.69) is 10.6 Å². The summed E-state index contributed by atoms with van der Waals surface area (Å²) in [6.07, 6.45) is 0. The molecule has 0 aromatic heterocycles. The van der Waals surface area contributed by atoms with Crippen LogP contribution in [0.15, 0.2) is 72.8 Å². The van der Waals surface area contributed by atoms with Gasteiger partial charge in [-0.05, 0) is 54.4 Å². The first-order chi connectivity index (χ1) is 15.0. The van der Waals surface area contributed by atoms with Gasteiger partial charge >= 0.3 is 0 Å². The average molecular weight is 439 g/mol. The monoisotopic (exact) mass is 438 g/mol. The molecule has 0 unspecified atom stereocenters. The van der Waals surface area contributed by atoms with E-state index in [9.17, 15) is 14.0 Å². The molecule has 5 nitrogen and oxygen atoms in total. The van der Waals surface area contributed by atoms with E-state index in [0.29, 0.717) is 18.0 Å². The van der Waals surface area contributed by atoms with Crippen molar-refractivity contribution >= 4 is 35.0 Å². The number of ether oxygens (including phenoxy) is 1. The molecular formula is C24H23FN2O3S. The molecule has 3 rings (SSSR count).